The summed E-state index contributed by atoms with van der Waals surface area (Å²) in [6.07, 6.45) is 0. The molecule has 3 aromatic rings. The molecule has 108 valence electrons. The number of aryl methyl sites for hydroxylation is 1. The van der Waals surface area contributed by atoms with Crippen LogP contribution >= 0.6 is 39.9 Å². The maximum atomic E-state index is 6.30. The predicted octanol–water partition coefficient (Wildman–Crippen LogP) is 6.09. The van der Waals surface area contributed by atoms with E-state index in [1.54, 1.807) is 0 Å². The monoisotopic (exact) mass is 380 g/mol. The van der Waals surface area contributed by atoms with Crippen molar-refractivity contribution in [3.8, 4) is 11.3 Å². The van der Waals surface area contributed by atoms with E-state index in [-0.39, 0.29) is 17.0 Å². The number of hydrogen-bond acceptors (Lipinski definition) is 3. The lowest BCUT2D eigenvalue weighted by atomic mass is 10.2. The van der Waals surface area contributed by atoms with Gasteiger partial charge in [-0.2, -0.15) is 0 Å². The third-order valence-corrected chi connectivity index (χ3v) is 4.19. The van der Waals surface area contributed by atoms with Gasteiger partial charge in [-0.05, 0) is 18.6 Å². The number of halogens is 2. The van der Waals surface area contributed by atoms with E-state index >= 15 is 0 Å². The molecule has 1 heterocycles. The van der Waals surface area contributed by atoms with E-state index in [1.165, 1.54) is 16.9 Å². The van der Waals surface area contributed by atoms with E-state index in [0.29, 0.717) is 4.34 Å². The van der Waals surface area contributed by atoms with Crippen LogP contribution in [0.5, 0.6) is 0 Å². The van der Waals surface area contributed by atoms with Crippen molar-refractivity contribution in [1.29, 1.82) is 0 Å². The van der Waals surface area contributed by atoms with E-state index in [0.717, 1.165) is 22.1 Å². The summed E-state index contributed by atoms with van der Waals surface area (Å²) in [6.45, 7) is 2.07. The van der Waals surface area contributed by atoms with Crippen molar-refractivity contribution in [1.82, 2.24) is 4.98 Å². The average Bonchev–Trinajstić information content (AvgIpc) is 2.83. The smallest absolute Gasteiger partial charge is 0.189 e. The van der Waals surface area contributed by atoms with Gasteiger partial charge in [0.1, 0.15) is 10.0 Å². The van der Waals surface area contributed by atoms with Crippen molar-refractivity contribution in [2.75, 3.05) is 5.32 Å². The summed E-state index contributed by atoms with van der Waals surface area (Å²) in [7, 11) is 0. The highest BCUT2D eigenvalue weighted by Gasteiger charge is 2.11. The molecule has 5 heteroatoms. The third-order valence-electron chi connectivity index (χ3n) is 3.02. The lowest BCUT2D eigenvalue weighted by molar-refractivity contribution is 1.36. The molecule has 0 aliphatic heterocycles. The van der Waals surface area contributed by atoms with Crippen LogP contribution in [0.2, 0.25) is 4.34 Å². The Hall–Kier alpha value is -1.36. The molecule has 3 rings (SSSR count). The molecule has 1 N–H and O–H groups in total. The number of rotatable bonds is 3. The van der Waals surface area contributed by atoms with Gasteiger partial charge in [-0.15, -0.1) is 17.0 Å². The number of hydrogen-bond donors (Lipinski definition) is 1. The van der Waals surface area contributed by atoms with E-state index in [2.05, 4.69) is 23.3 Å². The minimum atomic E-state index is 0. The zero-order valence-electron chi connectivity index (χ0n) is 11.3. The zero-order valence-corrected chi connectivity index (χ0v) is 14.6. The lowest BCUT2D eigenvalue weighted by Crippen LogP contribution is -1.91. The summed E-state index contributed by atoms with van der Waals surface area (Å²) >= 11 is 7.76. The van der Waals surface area contributed by atoms with Crippen molar-refractivity contribution < 1.29 is 0 Å². The Morgan fingerprint density at radius 1 is 1.00 bits per heavy atom. The first-order valence-electron chi connectivity index (χ1n) is 6.28. The van der Waals surface area contributed by atoms with E-state index in [9.17, 15) is 0 Å². The van der Waals surface area contributed by atoms with Gasteiger partial charge in [0, 0.05) is 11.3 Å². The molecule has 0 spiro atoms. The van der Waals surface area contributed by atoms with Crippen molar-refractivity contribution in [2.24, 2.45) is 0 Å². The minimum Gasteiger partial charge on any atom is -0.331 e. The molecular weight excluding hydrogens is 368 g/mol. The minimum absolute atomic E-state index is 0. The van der Waals surface area contributed by atoms with E-state index in [1.807, 2.05) is 48.5 Å². The first kappa shape index (κ1) is 16.0. The first-order valence-corrected chi connectivity index (χ1v) is 7.48. The normalized spacial score (nSPS) is 10.0. The molecule has 2 nitrogen and oxygen atoms in total. The fourth-order valence-electron chi connectivity index (χ4n) is 1.96. The van der Waals surface area contributed by atoms with Crippen molar-refractivity contribution in [2.45, 2.75) is 6.92 Å². The number of thiazole rings is 1. The Balaban J connectivity index is 0.00000161. The second-order valence-corrected chi connectivity index (χ2v) is 6.05. The van der Waals surface area contributed by atoms with Crippen LogP contribution in [0.1, 0.15) is 5.56 Å². The molecule has 0 saturated carbocycles. The number of nitrogens with one attached hydrogen (secondary N) is 1. The average molecular weight is 382 g/mol. The van der Waals surface area contributed by atoms with Gasteiger partial charge in [0.25, 0.3) is 0 Å². The number of nitrogens with zero attached hydrogens (tertiary/aromatic N) is 1. The van der Waals surface area contributed by atoms with Crippen LogP contribution in [0.15, 0.2) is 54.6 Å². The molecule has 0 aliphatic carbocycles. The molecule has 0 fully saturated rings. The van der Waals surface area contributed by atoms with Gasteiger partial charge < -0.3 is 5.32 Å². The lowest BCUT2D eigenvalue weighted by Gasteiger charge is -2.05. The molecule has 0 saturated heterocycles. The summed E-state index contributed by atoms with van der Waals surface area (Å²) in [5, 5.41) is 4.13. The largest absolute Gasteiger partial charge is 0.331 e. The van der Waals surface area contributed by atoms with Crippen LogP contribution in [0.4, 0.5) is 10.8 Å². The van der Waals surface area contributed by atoms with Crippen LogP contribution in [0, 0.1) is 6.92 Å². The highest BCUT2D eigenvalue weighted by Crippen LogP contribution is 2.36. The van der Waals surface area contributed by atoms with Crippen LogP contribution in [-0.4, -0.2) is 4.98 Å². The Bertz CT molecular complexity index is 728. The molecule has 0 radical (unpaired) electrons. The Morgan fingerprint density at radius 2 is 1.67 bits per heavy atom. The molecule has 21 heavy (non-hydrogen) atoms. The molecule has 0 amide bonds. The third kappa shape index (κ3) is 3.64. The summed E-state index contributed by atoms with van der Waals surface area (Å²) in [4.78, 5) is 4.59. The fraction of sp³-hybridized carbons (Fsp3) is 0.0625. The molecule has 0 atom stereocenters. The maximum absolute atomic E-state index is 6.30. The Morgan fingerprint density at radius 3 is 2.38 bits per heavy atom. The number of aromatic nitrogens is 1. The van der Waals surface area contributed by atoms with Gasteiger partial charge in [-0.1, -0.05) is 71.5 Å². The topological polar surface area (TPSA) is 24.9 Å². The number of benzene rings is 2. The Kier molecular flexibility index (Phi) is 5.39. The fourth-order valence-corrected chi connectivity index (χ4v) is 3.06. The number of anilines is 2. The maximum Gasteiger partial charge on any atom is 0.189 e. The van der Waals surface area contributed by atoms with Crippen molar-refractivity contribution >= 4 is 50.7 Å². The molecular formula is C16H14BrClN2S. The molecule has 0 bridgehead atoms. The molecule has 1 aromatic heterocycles. The summed E-state index contributed by atoms with van der Waals surface area (Å²) in [5.41, 5.74) is 4.09. The standard InChI is InChI=1S/C16H13ClN2S.BrH/c1-11-7-5-6-10-13(11)18-16-19-14(15(17)20-16)12-8-3-2-4-9-12;/h2-10H,1H3,(H,18,19);1H. The van der Waals surface area contributed by atoms with Gasteiger partial charge in [0.15, 0.2) is 5.13 Å². The van der Waals surface area contributed by atoms with Gasteiger partial charge in [0.05, 0.1) is 0 Å². The van der Waals surface area contributed by atoms with Crippen molar-refractivity contribution in [3.05, 3.63) is 64.5 Å². The van der Waals surface area contributed by atoms with Crippen molar-refractivity contribution in [3.63, 3.8) is 0 Å². The summed E-state index contributed by atoms with van der Waals surface area (Å²) in [6, 6.07) is 18.1. The second kappa shape index (κ2) is 7.07. The van der Waals surface area contributed by atoms with Gasteiger partial charge >= 0.3 is 0 Å². The SMILES string of the molecule is Br.Cc1ccccc1Nc1nc(-c2ccccc2)c(Cl)s1. The van der Waals surface area contributed by atoms with Crippen LogP contribution < -0.4 is 5.32 Å². The predicted molar refractivity (Wildman–Crippen MR) is 97.3 cm³/mol. The van der Waals surface area contributed by atoms with E-state index < -0.39 is 0 Å². The quantitative estimate of drug-likeness (QED) is 0.593. The summed E-state index contributed by atoms with van der Waals surface area (Å²) in [5.74, 6) is 0. The first-order chi connectivity index (χ1) is 9.74. The van der Waals surface area contributed by atoms with E-state index in [4.69, 9.17) is 11.6 Å². The van der Waals surface area contributed by atoms with Gasteiger partial charge in [0.2, 0.25) is 0 Å². The van der Waals surface area contributed by atoms with Crippen LogP contribution in [-0.2, 0) is 0 Å². The summed E-state index contributed by atoms with van der Waals surface area (Å²) < 4.78 is 0.701. The zero-order chi connectivity index (χ0) is 13.9. The molecule has 2 aromatic carbocycles. The Labute approximate surface area is 143 Å². The second-order valence-electron chi connectivity index (χ2n) is 4.45. The van der Waals surface area contributed by atoms with Gasteiger partial charge in [-0.25, -0.2) is 4.98 Å². The molecule has 0 aliphatic rings. The molecule has 0 unspecified atom stereocenters. The van der Waals surface area contributed by atoms with Crippen LogP contribution in [0.25, 0.3) is 11.3 Å². The van der Waals surface area contributed by atoms with Crippen LogP contribution in [0.3, 0.4) is 0 Å². The van der Waals surface area contributed by atoms with Gasteiger partial charge in [-0.3, -0.25) is 0 Å². The highest BCUT2D eigenvalue weighted by atomic mass is 79.9. The highest BCUT2D eigenvalue weighted by molar-refractivity contribution is 8.93. The number of para-hydroxylation sites is 1.